The standard InChI is InChI=1S/C14H11Cl4N/c1-8-4-13(18)14(6-12(8)17)19-7-9-5-10(15)2-3-11(9)16/h2-6,19H,7H2,1H3. The first-order valence-electron chi connectivity index (χ1n) is 5.61. The number of nitrogens with one attached hydrogen (secondary N) is 1. The Kier molecular flexibility index (Phi) is 4.86. The van der Waals surface area contributed by atoms with E-state index in [4.69, 9.17) is 46.4 Å². The molecule has 0 saturated heterocycles. The van der Waals surface area contributed by atoms with Crippen molar-refractivity contribution in [1.82, 2.24) is 0 Å². The van der Waals surface area contributed by atoms with Crippen molar-refractivity contribution in [2.45, 2.75) is 13.5 Å². The molecule has 0 amide bonds. The molecule has 0 bridgehead atoms. The van der Waals surface area contributed by atoms with Gasteiger partial charge in [-0.1, -0.05) is 46.4 Å². The summed E-state index contributed by atoms with van der Waals surface area (Å²) in [5, 5.41) is 5.81. The summed E-state index contributed by atoms with van der Waals surface area (Å²) in [6.07, 6.45) is 0. The Labute approximate surface area is 132 Å². The second-order valence-electron chi connectivity index (χ2n) is 4.17. The van der Waals surface area contributed by atoms with Gasteiger partial charge in [-0.15, -0.1) is 0 Å². The summed E-state index contributed by atoms with van der Waals surface area (Å²) < 4.78 is 0. The largest absolute Gasteiger partial charge is 0.380 e. The lowest BCUT2D eigenvalue weighted by atomic mass is 10.2. The Morgan fingerprint density at radius 2 is 1.63 bits per heavy atom. The predicted octanol–water partition coefficient (Wildman–Crippen LogP) is 6.22. The molecule has 0 aliphatic carbocycles. The lowest BCUT2D eigenvalue weighted by Crippen LogP contribution is -2.01. The highest BCUT2D eigenvalue weighted by molar-refractivity contribution is 6.36. The molecular formula is C14H11Cl4N. The molecule has 0 aliphatic rings. The summed E-state index contributed by atoms with van der Waals surface area (Å²) in [4.78, 5) is 0. The van der Waals surface area contributed by atoms with Crippen molar-refractivity contribution in [2.75, 3.05) is 5.32 Å². The molecule has 1 N–H and O–H groups in total. The van der Waals surface area contributed by atoms with E-state index >= 15 is 0 Å². The molecule has 0 fully saturated rings. The van der Waals surface area contributed by atoms with Crippen LogP contribution in [0.25, 0.3) is 0 Å². The van der Waals surface area contributed by atoms with Crippen LogP contribution in [-0.4, -0.2) is 0 Å². The van der Waals surface area contributed by atoms with Gasteiger partial charge in [-0.05, 0) is 48.4 Å². The lowest BCUT2D eigenvalue weighted by Gasteiger charge is -2.11. The van der Waals surface area contributed by atoms with Crippen LogP contribution in [0.15, 0.2) is 30.3 Å². The molecule has 1 nitrogen and oxygen atoms in total. The highest BCUT2D eigenvalue weighted by Crippen LogP contribution is 2.30. The highest BCUT2D eigenvalue weighted by Gasteiger charge is 2.06. The number of rotatable bonds is 3. The molecule has 19 heavy (non-hydrogen) atoms. The Hall–Kier alpha value is -0.600. The molecule has 0 radical (unpaired) electrons. The number of halogens is 4. The van der Waals surface area contributed by atoms with Crippen molar-refractivity contribution < 1.29 is 0 Å². The maximum absolute atomic E-state index is 6.16. The normalized spacial score (nSPS) is 10.6. The van der Waals surface area contributed by atoms with Crippen LogP contribution in [0.4, 0.5) is 5.69 Å². The Morgan fingerprint density at radius 1 is 0.895 bits per heavy atom. The van der Waals surface area contributed by atoms with Crippen LogP contribution in [0.3, 0.4) is 0 Å². The molecule has 0 saturated carbocycles. The smallest absolute Gasteiger partial charge is 0.0641 e. The fourth-order valence-corrected chi connectivity index (χ4v) is 2.48. The van der Waals surface area contributed by atoms with Gasteiger partial charge in [0.25, 0.3) is 0 Å². The molecule has 2 aromatic carbocycles. The third-order valence-electron chi connectivity index (χ3n) is 2.73. The van der Waals surface area contributed by atoms with Crippen LogP contribution in [0.1, 0.15) is 11.1 Å². The zero-order chi connectivity index (χ0) is 14.0. The number of anilines is 1. The van der Waals surface area contributed by atoms with Crippen LogP contribution < -0.4 is 5.32 Å². The second-order valence-corrected chi connectivity index (χ2v) is 5.83. The summed E-state index contributed by atoms with van der Waals surface area (Å²) >= 11 is 24.3. The van der Waals surface area contributed by atoms with Gasteiger partial charge in [-0.2, -0.15) is 0 Å². The predicted molar refractivity (Wildman–Crippen MR) is 85.0 cm³/mol. The molecule has 0 unspecified atom stereocenters. The number of aryl methyl sites for hydroxylation is 1. The quantitative estimate of drug-likeness (QED) is 0.702. The highest BCUT2D eigenvalue weighted by atomic mass is 35.5. The molecule has 0 atom stereocenters. The van der Waals surface area contributed by atoms with Gasteiger partial charge < -0.3 is 5.32 Å². The van der Waals surface area contributed by atoms with Crippen molar-refractivity contribution in [3.05, 3.63) is 61.5 Å². The second kappa shape index (κ2) is 6.23. The van der Waals surface area contributed by atoms with E-state index in [1.54, 1.807) is 18.2 Å². The van der Waals surface area contributed by atoms with E-state index in [2.05, 4.69) is 5.32 Å². The van der Waals surface area contributed by atoms with E-state index in [1.165, 1.54) is 0 Å². The van der Waals surface area contributed by atoms with Gasteiger partial charge in [0, 0.05) is 21.6 Å². The molecular weight excluding hydrogens is 324 g/mol. The van der Waals surface area contributed by atoms with Gasteiger partial charge in [-0.3, -0.25) is 0 Å². The van der Waals surface area contributed by atoms with E-state index in [9.17, 15) is 0 Å². The maximum atomic E-state index is 6.16. The average molecular weight is 335 g/mol. The van der Waals surface area contributed by atoms with Crippen LogP contribution in [-0.2, 0) is 6.54 Å². The Morgan fingerprint density at radius 3 is 2.37 bits per heavy atom. The minimum absolute atomic E-state index is 0.526. The van der Waals surface area contributed by atoms with Crippen LogP contribution in [0, 0.1) is 6.92 Å². The van der Waals surface area contributed by atoms with Gasteiger partial charge >= 0.3 is 0 Å². The van der Waals surface area contributed by atoms with Crippen molar-refractivity contribution in [3.63, 3.8) is 0 Å². The molecule has 0 aliphatic heterocycles. The van der Waals surface area contributed by atoms with Gasteiger partial charge in [-0.25, -0.2) is 0 Å². The monoisotopic (exact) mass is 333 g/mol. The van der Waals surface area contributed by atoms with Gasteiger partial charge in [0.15, 0.2) is 0 Å². The van der Waals surface area contributed by atoms with Gasteiger partial charge in [0.05, 0.1) is 10.7 Å². The van der Waals surface area contributed by atoms with E-state index in [0.29, 0.717) is 26.6 Å². The first-order chi connectivity index (χ1) is 8.97. The van der Waals surface area contributed by atoms with Crippen LogP contribution in [0.5, 0.6) is 0 Å². The molecule has 2 rings (SSSR count). The summed E-state index contributed by atoms with van der Waals surface area (Å²) in [7, 11) is 0. The molecule has 0 heterocycles. The molecule has 5 heteroatoms. The van der Waals surface area contributed by atoms with Gasteiger partial charge in [0.1, 0.15) is 0 Å². The average Bonchev–Trinajstić information content (AvgIpc) is 2.36. The van der Waals surface area contributed by atoms with E-state index in [-0.39, 0.29) is 0 Å². The summed E-state index contributed by atoms with van der Waals surface area (Å²) in [5.41, 5.74) is 2.62. The summed E-state index contributed by atoms with van der Waals surface area (Å²) in [5.74, 6) is 0. The zero-order valence-corrected chi connectivity index (χ0v) is 13.1. The minimum Gasteiger partial charge on any atom is -0.380 e. The van der Waals surface area contributed by atoms with Gasteiger partial charge in [0.2, 0.25) is 0 Å². The number of hydrogen-bond donors (Lipinski definition) is 1. The van der Waals surface area contributed by atoms with Crippen molar-refractivity contribution in [1.29, 1.82) is 0 Å². The fourth-order valence-electron chi connectivity index (χ4n) is 1.65. The molecule has 0 aromatic heterocycles. The topological polar surface area (TPSA) is 12.0 Å². The number of hydrogen-bond acceptors (Lipinski definition) is 1. The number of benzene rings is 2. The zero-order valence-electron chi connectivity index (χ0n) is 10.1. The summed E-state index contributed by atoms with van der Waals surface area (Å²) in [6.45, 7) is 2.43. The first kappa shape index (κ1) is 14.8. The Bertz CT molecular complexity index is 611. The SMILES string of the molecule is Cc1cc(Cl)c(NCc2cc(Cl)ccc2Cl)cc1Cl. The fraction of sp³-hybridized carbons (Fsp3) is 0.143. The van der Waals surface area contributed by atoms with Crippen molar-refractivity contribution >= 4 is 52.1 Å². The lowest BCUT2D eigenvalue weighted by molar-refractivity contribution is 1.15. The van der Waals surface area contributed by atoms with Crippen LogP contribution >= 0.6 is 46.4 Å². The van der Waals surface area contributed by atoms with Crippen LogP contribution in [0.2, 0.25) is 20.1 Å². The minimum atomic E-state index is 0.526. The molecule has 0 spiro atoms. The third-order valence-corrected chi connectivity index (χ3v) is 4.05. The molecule has 100 valence electrons. The summed E-state index contributed by atoms with van der Waals surface area (Å²) in [6, 6.07) is 8.97. The van der Waals surface area contributed by atoms with Crippen molar-refractivity contribution in [3.8, 4) is 0 Å². The van der Waals surface area contributed by atoms with E-state index in [0.717, 1.165) is 16.8 Å². The Balaban J connectivity index is 2.19. The first-order valence-corrected chi connectivity index (χ1v) is 7.12. The van der Waals surface area contributed by atoms with E-state index in [1.807, 2.05) is 19.1 Å². The van der Waals surface area contributed by atoms with Crippen molar-refractivity contribution in [2.24, 2.45) is 0 Å². The molecule has 2 aromatic rings. The maximum Gasteiger partial charge on any atom is 0.0641 e. The third kappa shape index (κ3) is 3.70. The van der Waals surface area contributed by atoms with E-state index < -0.39 is 0 Å².